The van der Waals surface area contributed by atoms with Crippen molar-refractivity contribution in [2.45, 2.75) is 12.5 Å². The monoisotopic (exact) mass is 439 g/mol. The fourth-order valence-electron chi connectivity index (χ4n) is 3.31. The van der Waals surface area contributed by atoms with Gasteiger partial charge >= 0.3 is 5.97 Å². The van der Waals surface area contributed by atoms with E-state index >= 15 is 0 Å². The van der Waals surface area contributed by atoms with Gasteiger partial charge in [-0.05, 0) is 12.5 Å². The molecular weight excluding hydrogens is 422 g/mol. The minimum Gasteiger partial charge on any atom is -0.454 e. The van der Waals surface area contributed by atoms with E-state index in [0.717, 1.165) is 6.07 Å². The normalized spacial score (nSPS) is 19.5. The second-order valence-corrected chi connectivity index (χ2v) is 9.10. The van der Waals surface area contributed by atoms with Crippen LogP contribution in [0.25, 0.3) is 0 Å². The molecule has 1 unspecified atom stereocenters. The Morgan fingerprint density at radius 3 is 2.60 bits per heavy atom. The number of likely N-dealkylation sites (N-methyl/N-ethyl adjacent to an activating group) is 1. The lowest BCUT2D eigenvalue weighted by Crippen LogP contribution is -2.41. The largest absolute Gasteiger partial charge is 0.454 e. The summed E-state index contributed by atoms with van der Waals surface area (Å²) in [7, 11) is -1.81. The molecular formula is C17H17N3O9S. The lowest BCUT2D eigenvalue weighted by atomic mass is 10.1. The molecule has 30 heavy (non-hydrogen) atoms. The summed E-state index contributed by atoms with van der Waals surface area (Å²) in [5.41, 5.74) is -1.15. The number of carbonyl (C=O) groups is 4. The highest BCUT2D eigenvalue weighted by Gasteiger charge is 2.42. The molecule has 13 heteroatoms. The van der Waals surface area contributed by atoms with Gasteiger partial charge in [0.2, 0.25) is 0 Å². The molecule has 0 bridgehead atoms. The number of nitrogens with zero attached hydrogens (tertiary/aromatic N) is 3. The Morgan fingerprint density at radius 2 is 2.00 bits per heavy atom. The molecule has 160 valence electrons. The first kappa shape index (κ1) is 21.4. The van der Waals surface area contributed by atoms with Crippen LogP contribution in [0.1, 0.15) is 27.1 Å². The number of hydrogen-bond acceptors (Lipinski definition) is 9. The van der Waals surface area contributed by atoms with E-state index in [0.29, 0.717) is 4.90 Å². The van der Waals surface area contributed by atoms with Gasteiger partial charge in [0.25, 0.3) is 23.4 Å². The van der Waals surface area contributed by atoms with Crippen LogP contribution in [0.5, 0.6) is 0 Å². The summed E-state index contributed by atoms with van der Waals surface area (Å²) in [5.74, 6) is -3.77. The zero-order chi connectivity index (χ0) is 22.2. The molecule has 1 saturated heterocycles. The average Bonchev–Trinajstić information content (AvgIpc) is 3.17. The second-order valence-electron chi connectivity index (χ2n) is 6.88. The molecule has 2 heterocycles. The van der Waals surface area contributed by atoms with E-state index in [1.54, 1.807) is 0 Å². The van der Waals surface area contributed by atoms with Gasteiger partial charge in [0.05, 0.1) is 22.0 Å². The number of sulfone groups is 1. The van der Waals surface area contributed by atoms with Crippen LogP contribution in [0, 0.1) is 10.1 Å². The van der Waals surface area contributed by atoms with Crippen molar-refractivity contribution >= 4 is 39.2 Å². The number of rotatable bonds is 6. The highest BCUT2D eigenvalue weighted by Crippen LogP contribution is 2.30. The summed E-state index contributed by atoms with van der Waals surface area (Å²) in [6, 6.07) is 3.05. The Labute approximate surface area is 170 Å². The maximum atomic E-state index is 12.4. The molecule has 0 saturated carbocycles. The van der Waals surface area contributed by atoms with Crippen molar-refractivity contribution in [2.75, 3.05) is 31.7 Å². The molecule has 12 nitrogen and oxygen atoms in total. The molecule has 2 aliphatic rings. The number of carbonyl (C=O) groups excluding carboxylic acids is 4. The molecule has 0 spiro atoms. The van der Waals surface area contributed by atoms with Crippen LogP contribution < -0.4 is 0 Å². The summed E-state index contributed by atoms with van der Waals surface area (Å²) < 4.78 is 27.8. The number of ether oxygens (including phenoxy) is 1. The molecule has 3 rings (SSSR count). The van der Waals surface area contributed by atoms with Gasteiger partial charge in [0.15, 0.2) is 16.4 Å². The fraction of sp³-hybridized carbons (Fsp3) is 0.412. The van der Waals surface area contributed by atoms with Gasteiger partial charge in [-0.3, -0.25) is 34.2 Å². The predicted octanol–water partition coefficient (Wildman–Crippen LogP) is -0.620. The minimum absolute atomic E-state index is 0.0268. The van der Waals surface area contributed by atoms with Crippen molar-refractivity contribution in [3.8, 4) is 0 Å². The Balaban J connectivity index is 1.60. The first-order chi connectivity index (χ1) is 14.0. The number of hydrogen-bond donors (Lipinski definition) is 0. The quantitative estimate of drug-likeness (QED) is 0.243. The number of benzene rings is 1. The van der Waals surface area contributed by atoms with Crippen molar-refractivity contribution < 1.29 is 37.3 Å². The van der Waals surface area contributed by atoms with Crippen molar-refractivity contribution in [1.82, 2.24) is 9.80 Å². The molecule has 0 radical (unpaired) electrons. The number of imide groups is 1. The molecule has 3 amide bonds. The van der Waals surface area contributed by atoms with E-state index in [-0.39, 0.29) is 23.5 Å². The van der Waals surface area contributed by atoms with E-state index in [1.165, 1.54) is 24.1 Å². The topological polar surface area (TPSA) is 161 Å². The zero-order valence-corrected chi connectivity index (χ0v) is 16.6. The summed E-state index contributed by atoms with van der Waals surface area (Å²) in [4.78, 5) is 60.9. The van der Waals surface area contributed by atoms with Crippen LogP contribution in [0.4, 0.5) is 5.69 Å². The lowest BCUT2D eigenvalue weighted by Gasteiger charge is -2.23. The van der Waals surface area contributed by atoms with Crippen molar-refractivity contribution in [3.05, 3.63) is 39.4 Å². The van der Waals surface area contributed by atoms with Crippen molar-refractivity contribution in [3.63, 3.8) is 0 Å². The zero-order valence-electron chi connectivity index (χ0n) is 15.8. The van der Waals surface area contributed by atoms with Crippen LogP contribution in [-0.2, 0) is 24.2 Å². The molecule has 0 aromatic heterocycles. The van der Waals surface area contributed by atoms with Crippen LogP contribution >= 0.6 is 0 Å². The SMILES string of the molecule is CN(C(=O)COC(=O)CN1C(=O)c2cccc([N+](=O)[O-])c2C1=O)C1CCS(=O)(=O)C1. The summed E-state index contributed by atoms with van der Waals surface area (Å²) >= 11 is 0. The van der Waals surface area contributed by atoms with Gasteiger partial charge in [-0.2, -0.15) is 0 Å². The van der Waals surface area contributed by atoms with Crippen LogP contribution in [0.2, 0.25) is 0 Å². The van der Waals surface area contributed by atoms with E-state index in [4.69, 9.17) is 4.74 Å². The van der Waals surface area contributed by atoms with Gasteiger partial charge in [0.1, 0.15) is 12.1 Å². The minimum atomic E-state index is -3.20. The summed E-state index contributed by atoms with van der Waals surface area (Å²) in [5, 5.41) is 11.1. The second kappa shape index (κ2) is 7.82. The third kappa shape index (κ3) is 4.01. The highest BCUT2D eigenvalue weighted by molar-refractivity contribution is 7.91. The van der Waals surface area contributed by atoms with E-state index in [1.807, 2.05) is 0 Å². The number of fused-ring (bicyclic) bond motifs is 1. The summed E-state index contributed by atoms with van der Waals surface area (Å²) in [6.07, 6.45) is 0.284. The molecule has 1 aromatic rings. The predicted molar refractivity (Wildman–Crippen MR) is 99.3 cm³/mol. The maximum Gasteiger partial charge on any atom is 0.326 e. The van der Waals surface area contributed by atoms with Gasteiger partial charge < -0.3 is 9.64 Å². The molecule has 1 fully saturated rings. The molecule has 1 aromatic carbocycles. The number of nitro groups is 1. The van der Waals surface area contributed by atoms with E-state index in [9.17, 15) is 37.7 Å². The first-order valence-corrected chi connectivity index (χ1v) is 10.6. The van der Waals surface area contributed by atoms with Crippen LogP contribution in [0.3, 0.4) is 0 Å². The average molecular weight is 439 g/mol. The Hall–Kier alpha value is -3.35. The number of amides is 3. The summed E-state index contributed by atoms with van der Waals surface area (Å²) in [6.45, 7) is -1.52. The third-order valence-corrected chi connectivity index (χ3v) is 6.72. The molecule has 1 atom stereocenters. The standard InChI is InChI=1S/C17H17N3O9S/c1-18(10-5-6-30(27,28)9-10)13(21)8-29-14(22)7-19-16(23)11-3-2-4-12(20(25)26)15(11)17(19)24/h2-4,10H,5-9H2,1H3. The van der Waals surface area contributed by atoms with Crippen molar-refractivity contribution in [2.24, 2.45) is 0 Å². The van der Waals surface area contributed by atoms with Gasteiger partial charge in [-0.15, -0.1) is 0 Å². The Bertz CT molecular complexity index is 1070. The molecule has 0 N–H and O–H groups in total. The Kier molecular flexibility index (Phi) is 5.57. The highest BCUT2D eigenvalue weighted by atomic mass is 32.2. The maximum absolute atomic E-state index is 12.4. The molecule has 0 aliphatic carbocycles. The molecule has 2 aliphatic heterocycles. The lowest BCUT2D eigenvalue weighted by molar-refractivity contribution is -0.385. The fourth-order valence-corrected chi connectivity index (χ4v) is 5.09. The van der Waals surface area contributed by atoms with E-state index < -0.39 is 68.9 Å². The van der Waals surface area contributed by atoms with Gasteiger partial charge in [-0.1, -0.05) is 6.07 Å². The number of esters is 1. The van der Waals surface area contributed by atoms with E-state index in [2.05, 4.69) is 0 Å². The van der Waals surface area contributed by atoms with Crippen LogP contribution in [-0.4, -0.2) is 84.6 Å². The number of nitro benzene ring substituents is 1. The third-order valence-electron chi connectivity index (χ3n) is 4.97. The van der Waals surface area contributed by atoms with Gasteiger partial charge in [-0.25, -0.2) is 8.42 Å². The first-order valence-electron chi connectivity index (χ1n) is 8.77. The van der Waals surface area contributed by atoms with Crippen molar-refractivity contribution in [1.29, 1.82) is 0 Å². The smallest absolute Gasteiger partial charge is 0.326 e. The van der Waals surface area contributed by atoms with Crippen LogP contribution in [0.15, 0.2) is 18.2 Å². The Morgan fingerprint density at radius 1 is 1.30 bits per heavy atom. The van der Waals surface area contributed by atoms with Gasteiger partial charge in [0, 0.05) is 19.2 Å².